The molecule has 3 nitrogen and oxygen atoms in total. The molecule has 0 bridgehead atoms. The van der Waals surface area contributed by atoms with Crippen molar-refractivity contribution >= 4 is 12.1 Å². The van der Waals surface area contributed by atoms with Crippen molar-refractivity contribution in [3.8, 4) is 0 Å². The lowest BCUT2D eigenvalue weighted by molar-refractivity contribution is 0.0975. The van der Waals surface area contributed by atoms with E-state index in [9.17, 15) is 9.59 Å². The first-order chi connectivity index (χ1) is 16.3. The third-order valence-corrected chi connectivity index (χ3v) is 5.01. The Balaban J connectivity index is 1.94. The van der Waals surface area contributed by atoms with E-state index in [0.29, 0.717) is 17.8 Å². The van der Waals surface area contributed by atoms with E-state index in [4.69, 9.17) is 0 Å². The number of Topliss-reactive ketones (excluding diaryl/α,β-unsaturated/α-hetero) is 1. The van der Waals surface area contributed by atoms with Gasteiger partial charge in [0.25, 0.3) is 0 Å². The van der Waals surface area contributed by atoms with Crippen LogP contribution < -0.4 is 0 Å². The molecule has 0 fully saturated rings. The predicted octanol–water partition coefficient (Wildman–Crippen LogP) is 8.66. The lowest BCUT2D eigenvalue weighted by atomic mass is 10.1. The summed E-state index contributed by atoms with van der Waals surface area (Å²) in [7, 11) is 0. The predicted molar refractivity (Wildman–Crippen MR) is 142 cm³/mol. The van der Waals surface area contributed by atoms with E-state index in [0.717, 1.165) is 70.5 Å². The molecule has 3 heteroatoms. The fourth-order valence-corrected chi connectivity index (χ4v) is 3.14. The molecule has 0 aliphatic heterocycles. The number of hydrogen-bond donors (Lipinski definition) is 1. The molecule has 1 rings (SSSR count). The van der Waals surface area contributed by atoms with Crippen molar-refractivity contribution in [2.75, 3.05) is 0 Å². The first-order valence-corrected chi connectivity index (χ1v) is 12.3. The highest BCUT2D eigenvalue weighted by molar-refractivity contribution is 5.95. The van der Waals surface area contributed by atoms with Gasteiger partial charge < -0.3 is 4.98 Å². The number of nitrogens with one attached hydrogen (secondary N) is 1. The van der Waals surface area contributed by atoms with Gasteiger partial charge in [-0.25, -0.2) is 0 Å². The molecule has 33 heavy (non-hydrogen) atoms. The van der Waals surface area contributed by atoms with Gasteiger partial charge in [0.15, 0.2) is 12.1 Å². The summed E-state index contributed by atoms with van der Waals surface area (Å²) < 4.78 is 0. The van der Waals surface area contributed by atoms with Crippen molar-refractivity contribution in [3.05, 3.63) is 96.4 Å². The van der Waals surface area contributed by atoms with Crippen LogP contribution in [0, 0.1) is 0 Å². The number of H-pyrrole nitrogens is 1. The number of aromatic nitrogens is 1. The molecule has 0 aromatic carbocycles. The Hall–Kier alpha value is -2.94. The van der Waals surface area contributed by atoms with Crippen LogP contribution in [-0.4, -0.2) is 17.1 Å². The fraction of sp³-hybridized carbons (Fsp3) is 0.400. The molecular formula is C30H41NO2. The van der Waals surface area contributed by atoms with Crippen LogP contribution in [0.25, 0.3) is 0 Å². The number of hydrogen-bond acceptors (Lipinski definition) is 2. The Morgan fingerprint density at radius 1 is 0.697 bits per heavy atom. The number of aldehydes is 1. The molecule has 1 N–H and O–H groups in total. The number of unbranched alkanes of at least 4 members (excludes halogenated alkanes) is 3. The maximum atomic E-state index is 12.0. The zero-order chi connectivity index (χ0) is 23.8. The van der Waals surface area contributed by atoms with Crippen LogP contribution in [0.15, 0.2) is 85.0 Å². The monoisotopic (exact) mass is 447 g/mol. The molecule has 0 unspecified atom stereocenters. The summed E-state index contributed by atoms with van der Waals surface area (Å²) in [5.74, 6) is 0.0806. The van der Waals surface area contributed by atoms with Gasteiger partial charge in [-0.2, -0.15) is 0 Å². The molecule has 0 aliphatic rings. The SMILES string of the molecule is CCC=CCC=CCC=CCC=CCC=CCC=CCCCCCC(=O)c1ccc(C=O)[nH]1. The lowest BCUT2D eigenvalue weighted by Gasteiger charge is -1.98. The second-order valence-electron chi connectivity index (χ2n) is 7.88. The molecule has 0 amide bonds. The van der Waals surface area contributed by atoms with Crippen LogP contribution in [0.3, 0.4) is 0 Å². The van der Waals surface area contributed by atoms with E-state index >= 15 is 0 Å². The summed E-state index contributed by atoms with van der Waals surface area (Å²) in [6.45, 7) is 2.15. The fourth-order valence-electron chi connectivity index (χ4n) is 3.14. The summed E-state index contributed by atoms with van der Waals surface area (Å²) in [5.41, 5.74) is 0.991. The molecule has 178 valence electrons. The van der Waals surface area contributed by atoms with Gasteiger partial charge in [-0.15, -0.1) is 0 Å². The number of ketones is 1. The smallest absolute Gasteiger partial charge is 0.179 e. The second kappa shape index (κ2) is 20.9. The highest BCUT2D eigenvalue weighted by Gasteiger charge is 2.07. The van der Waals surface area contributed by atoms with Crippen LogP contribution in [-0.2, 0) is 0 Å². The van der Waals surface area contributed by atoms with Gasteiger partial charge in [0.2, 0.25) is 0 Å². The number of carbonyl (C=O) groups excluding carboxylic acids is 2. The summed E-state index contributed by atoms with van der Waals surface area (Å²) in [5, 5.41) is 0. The second-order valence-corrected chi connectivity index (χ2v) is 7.88. The Bertz CT molecular complexity index is 818. The highest BCUT2D eigenvalue weighted by Crippen LogP contribution is 2.09. The van der Waals surface area contributed by atoms with Crippen molar-refractivity contribution < 1.29 is 9.59 Å². The number of aromatic amines is 1. The van der Waals surface area contributed by atoms with E-state index in [1.165, 1.54) is 0 Å². The molecule has 1 aromatic heterocycles. The third-order valence-electron chi connectivity index (χ3n) is 5.01. The maximum absolute atomic E-state index is 12.0. The van der Waals surface area contributed by atoms with Crippen molar-refractivity contribution in [3.63, 3.8) is 0 Å². The molecule has 0 radical (unpaired) electrons. The van der Waals surface area contributed by atoms with E-state index in [2.05, 4.69) is 84.8 Å². The minimum absolute atomic E-state index is 0.0806. The summed E-state index contributed by atoms with van der Waals surface area (Å²) >= 11 is 0. The van der Waals surface area contributed by atoms with Gasteiger partial charge in [-0.1, -0.05) is 86.3 Å². The molecule has 1 aromatic rings. The van der Waals surface area contributed by atoms with Crippen LogP contribution in [0.5, 0.6) is 0 Å². The number of rotatable bonds is 19. The standard InChI is InChI=1S/C30H41NO2/c1-2-3-4-5-6-7-8-9-10-11-12-13-14-15-16-17-18-19-20-21-22-23-24-30(33)29-26-25-28(27-32)31-29/h3-4,6-7,9-10,12-13,15-16,18-19,25-27,31H,2,5,8,11,14,17,20-24H2,1H3. The summed E-state index contributed by atoms with van der Waals surface area (Å²) in [6.07, 6.45) is 38.0. The molecule has 1 heterocycles. The summed E-state index contributed by atoms with van der Waals surface area (Å²) in [4.78, 5) is 25.5. The normalized spacial score (nSPS) is 12.6. The van der Waals surface area contributed by atoms with Crippen LogP contribution in [0.2, 0.25) is 0 Å². The van der Waals surface area contributed by atoms with E-state index in [1.54, 1.807) is 12.1 Å². The molecule has 0 saturated heterocycles. The van der Waals surface area contributed by atoms with Crippen molar-refractivity contribution in [1.29, 1.82) is 0 Å². The Morgan fingerprint density at radius 3 is 1.70 bits per heavy atom. The Morgan fingerprint density at radius 2 is 1.21 bits per heavy atom. The van der Waals surface area contributed by atoms with E-state index < -0.39 is 0 Å². The van der Waals surface area contributed by atoms with Gasteiger partial charge in [0, 0.05) is 6.42 Å². The molecule has 0 saturated carbocycles. The van der Waals surface area contributed by atoms with Crippen LogP contribution in [0.4, 0.5) is 0 Å². The Labute approximate surface area is 200 Å². The highest BCUT2D eigenvalue weighted by atomic mass is 16.1. The van der Waals surface area contributed by atoms with Gasteiger partial charge in [-0.3, -0.25) is 9.59 Å². The zero-order valence-electron chi connectivity index (χ0n) is 20.3. The molecule has 0 spiro atoms. The quantitative estimate of drug-likeness (QED) is 0.0998. The third kappa shape index (κ3) is 16.4. The average Bonchev–Trinajstić information content (AvgIpc) is 3.32. The van der Waals surface area contributed by atoms with Gasteiger partial charge in [-0.05, 0) is 69.9 Å². The van der Waals surface area contributed by atoms with Gasteiger partial charge in [0.05, 0.1) is 11.4 Å². The minimum atomic E-state index is 0.0806. The van der Waals surface area contributed by atoms with E-state index in [-0.39, 0.29) is 5.78 Å². The number of carbonyl (C=O) groups is 2. The van der Waals surface area contributed by atoms with Crippen molar-refractivity contribution in [2.45, 2.75) is 77.6 Å². The van der Waals surface area contributed by atoms with Gasteiger partial charge in [0.1, 0.15) is 0 Å². The first kappa shape index (κ1) is 28.1. The number of allylic oxidation sites excluding steroid dienone is 12. The largest absolute Gasteiger partial charge is 0.350 e. The molecule has 0 atom stereocenters. The Kier molecular flexibility index (Phi) is 17.8. The van der Waals surface area contributed by atoms with Crippen LogP contribution in [0.1, 0.15) is 98.5 Å². The first-order valence-electron chi connectivity index (χ1n) is 12.3. The topological polar surface area (TPSA) is 49.9 Å². The zero-order valence-corrected chi connectivity index (χ0v) is 20.3. The van der Waals surface area contributed by atoms with Crippen molar-refractivity contribution in [2.24, 2.45) is 0 Å². The van der Waals surface area contributed by atoms with Gasteiger partial charge >= 0.3 is 0 Å². The van der Waals surface area contributed by atoms with Crippen molar-refractivity contribution in [1.82, 2.24) is 4.98 Å². The molecule has 0 aliphatic carbocycles. The van der Waals surface area contributed by atoms with Crippen LogP contribution >= 0.6 is 0 Å². The molecular weight excluding hydrogens is 406 g/mol. The maximum Gasteiger partial charge on any atom is 0.179 e. The summed E-state index contributed by atoms with van der Waals surface area (Å²) in [6, 6.07) is 3.33. The van der Waals surface area contributed by atoms with E-state index in [1.807, 2.05) is 0 Å². The lowest BCUT2D eigenvalue weighted by Crippen LogP contribution is -1.99. The minimum Gasteiger partial charge on any atom is -0.350 e. The average molecular weight is 448 g/mol.